The molecule has 5 heteroatoms. The summed E-state index contributed by atoms with van der Waals surface area (Å²) in [7, 11) is 0. The van der Waals surface area contributed by atoms with E-state index in [0.29, 0.717) is 29.2 Å². The minimum Gasteiger partial charge on any atom is -0.457 e. The molecule has 0 bridgehead atoms. The van der Waals surface area contributed by atoms with E-state index in [2.05, 4.69) is 22.0 Å². The fourth-order valence-corrected chi connectivity index (χ4v) is 3.14. The zero-order chi connectivity index (χ0) is 14.1. The van der Waals surface area contributed by atoms with E-state index >= 15 is 0 Å². The maximum atomic E-state index is 12.6. The number of halogens is 1. The molecule has 1 aromatic heterocycles. The molecule has 0 fully saturated rings. The van der Waals surface area contributed by atoms with Gasteiger partial charge in [-0.2, -0.15) is 0 Å². The Hall–Kier alpha value is -1.59. The van der Waals surface area contributed by atoms with Gasteiger partial charge in [-0.1, -0.05) is 18.2 Å². The standard InChI is InChI=1S/C15H15BrN2O2/c16-14-12(6-8-20-14)15(19)18-9-10(5-7-17)11-3-1-2-4-13(11)18/h1-4,6,8,10H,5,7,9,17H2. The summed E-state index contributed by atoms with van der Waals surface area (Å²) >= 11 is 3.27. The summed E-state index contributed by atoms with van der Waals surface area (Å²) in [6.07, 6.45) is 2.39. The van der Waals surface area contributed by atoms with E-state index in [1.807, 2.05) is 23.1 Å². The summed E-state index contributed by atoms with van der Waals surface area (Å²) in [5.41, 5.74) is 8.40. The predicted octanol–water partition coefficient (Wildman–Crippen LogP) is 3.13. The molecular weight excluding hydrogens is 320 g/mol. The van der Waals surface area contributed by atoms with Gasteiger partial charge >= 0.3 is 0 Å². The molecule has 1 amide bonds. The molecular formula is C15H15BrN2O2. The summed E-state index contributed by atoms with van der Waals surface area (Å²) < 4.78 is 5.63. The van der Waals surface area contributed by atoms with Crippen molar-refractivity contribution in [3.05, 3.63) is 52.4 Å². The molecule has 1 unspecified atom stereocenters. The second-order valence-electron chi connectivity index (χ2n) is 4.86. The van der Waals surface area contributed by atoms with Crippen LogP contribution in [0.3, 0.4) is 0 Å². The average molecular weight is 335 g/mol. The number of fused-ring (bicyclic) bond motifs is 1. The highest BCUT2D eigenvalue weighted by molar-refractivity contribution is 9.10. The van der Waals surface area contributed by atoms with E-state index < -0.39 is 0 Å². The maximum Gasteiger partial charge on any atom is 0.262 e. The highest BCUT2D eigenvalue weighted by atomic mass is 79.9. The molecule has 1 aromatic carbocycles. The SMILES string of the molecule is NCCC1CN(C(=O)c2ccoc2Br)c2ccccc21. The van der Waals surface area contributed by atoms with Crippen molar-refractivity contribution >= 4 is 27.5 Å². The van der Waals surface area contributed by atoms with Crippen molar-refractivity contribution in [3.63, 3.8) is 0 Å². The quantitative estimate of drug-likeness (QED) is 0.937. The normalized spacial score (nSPS) is 17.3. The van der Waals surface area contributed by atoms with Gasteiger partial charge in [-0.05, 0) is 46.6 Å². The van der Waals surface area contributed by atoms with Crippen LogP contribution in [0.4, 0.5) is 5.69 Å². The fourth-order valence-electron chi connectivity index (χ4n) is 2.73. The molecule has 2 N–H and O–H groups in total. The topological polar surface area (TPSA) is 59.5 Å². The smallest absolute Gasteiger partial charge is 0.262 e. The number of para-hydroxylation sites is 1. The third-order valence-corrected chi connectivity index (χ3v) is 4.29. The number of nitrogens with zero attached hydrogens (tertiary/aromatic N) is 1. The van der Waals surface area contributed by atoms with E-state index in [-0.39, 0.29) is 5.91 Å². The summed E-state index contributed by atoms with van der Waals surface area (Å²) in [5, 5.41) is 0. The Morgan fingerprint density at radius 3 is 2.90 bits per heavy atom. The Morgan fingerprint density at radius 1 is 1.40 bits per heavy atom. The molecule has 1 aliphatic rings. The van der Waals surface area contributed by atoms with Crippen molar-refractivity contribution in [1.29, 1.82) is 0 Å². The van der Waals surface area contributed by atoms with Crippen LogP contribution in [0.2, 0.25) is 0 Å². The molecule has 0 saturated carbocycles. The van der Waals surface area contributed by atoms with Crippen LogP contribution in [0, 0.1) is 0 Å². The summed E-state index contributed by atoms with van der Waals surface area (Å²) in [5.74, 6) is 0.267. The number of rotatable bonds is 3. The van der Waals surface area contributed by atoms with Gasteiger partial charge in [-0.25, -0.2) is 0 Å². The maximum absolute atomic E-state index is 12.6. The lowest BCUT2D eigenvalue weighted by molar-refractivity contribution is 0.0986. The Labute approximate surface area is 125 Å². The second-order valence-corrected chi connectivity index (χ2v) is 5.58. The van der Waals surface area contributed by atoms with Gasteiger partial charge in [0.2, 0.25) is 0 Å². The monoisotopic (exact) mass is 334 g/mol. The Balaban J connectivity index is 1.96. The van der Waals surface area contributed by atoms with Crippen molar-refractivity contribution in [3.8, 4) is 0 Å². The second kappa shape index (κ2) is 5.42. The number of benzene rings is 1. The van der Waals surface area contributed by atoms with E-state index in [1.165, 1.54) is 11.8 Å². The molecule has 1 aliphatic heterocycles. The van der Waals surface area contributed by atoms with Crippen molar-refractivity contribution < 1.29 is 9.21 Å². The molecule has 1 atom stereocenters. The van der Waals surface area contributed by atoms with Crippen molar-refractivity contribution in [2.75, 3.05) is 18.0 Å². The summed E-state index contributed by atoms with van der Waals surface area (Å²) in [4.78, 5) is 14.5. The van der Waals surface area contributed by atoms with Gasteiger partial charge in [0, 0.05) is 18.2 Å². The molecule has 0 spiro atoms. The van der Waals surface area contributed by atoms with Crippen LogP contribution in [0.5, 0.6) is 0 Å². The van der Waals surface area contributed by atoms with Gasteiger partial charge in [-0.3, -0.25) is 4.79 Å². The zero-order valence-electron chi connectivity index (χ0n) is 10.9. The molecule has 0 aliphatic carbocycles. The van der Waals surface area contributed by atoms with Crippen LogP contribution >= 0.6 is 15.9 Å². The van der Waals surface area contributed by atoms with Crippen molar-refractivity contribution in [1.82, 2.24) is 0 Å². The van der Waals surface area contributed by atoms with E-state index in [1.54, 1.807) is 6.07 Å². The van der Waals surface area contributed by atoms with Crippen molar-refractivity contribution in [2.24, 2.45) is 5.73 Å². The number of carbonyl (C=O) groups excluding carboxylic acids is 1. The lowest BCUT2D eigenvalue weighted by Crippen LogP contribution is -2.30. The molecule has 0 saturated heterocycles. The van der Waals surface area contributed by atoms with Gasteiger partial charge in [-0.15, -0.1) is 0 Å². The molecule has 3 rings (SSSR count). The van der Waals surface area contributed by atoms with Crippen LogP contribution in [0.1, 0.15) is 28.3 Å². The molecule has 20 heavy (non-hydrogen) atoms. The number of anilines is 1. The Morgan fingerprint density at radius 2 is 2.20 bits per heavy atom. The lowest BCUT2D eigenvalue weighted by atomic mass is 9.98. The van der Waals surface area contributed by atoms with Gasteiger partial charge in [0.15, 0.2) is 4.67 Å². The zero-order valence-corrected chi connectivity index (χ0v) is 12.5. The summed E-state index contributed by atoms with van der Waals surface area (Å²) in [6, 6.07) is 9.70. The number of hydrogen-bond acceptors (Lipinski definition) is 3. The first-order valence-electron chi connectivity index (χ1n) is 6.56. The number of amides is 1. The van der Waals surface area contributed by atoms with Gasteiger partial charge in [0.25, 0.3) is 5.91 Å². The Kier molecular flexibility index (Phi) is 3.63. The minimum atomic E-state index is -0.0439. The van der Waals surface area contributed by atoms with E-state index in [0.717, 1.165) is 12.1 Å². The molecule has 2 aromatic rings. The van der Waals surface area contributed by atoms with Gasteiger partial charge in [0.1, 0.15) is 0 Å². The molecule has 104 valence electrons. The molecule has 2 heterocycles. The molecule has 4 nitrogen and oxygen atoms in total. The number of hydrogen-bond donors (Lipinski definition) is 1. The van der Waals surface area contributed by atoms with E-state index in [9.17, 15) is 4.79 Å². The third kappa shape index (κ3) is 2.17. The minimum absolute atomic E-state index is 0.0439. The number of carbonyl (C=O) groups is 1. The first kappa shape index (κ1) is 13.4. The number of nitrogens with two attached hydrogens (primary N) is 1. The van der Waals surface area contributed by atoms with E-state index in [4.69, 9.17) is 10.2 Å². The van der Waals surface area contributed by atoms with Gasteiger partial charge < -0.3 is 15.1 Å². The largest absolute Gasteiger partial charge is 0.457 e. The first-order valence-corrected chi connectivity index (χ1v) is 7.35. The molecule has 0 radical (unpaired) electrons. The Bertz CT molecular complexity index is 638. The van der Waals surface area contributed by atoms with Crippen LogP contribution in [-0.2, 0) is 0 Å². The van der Waals surface area contributed by atoms with Crippen LogP contribution < -0.4 is 10.6 Å². The highest BCUT2D eigenvalue weighted by Gasteiger charge is 2.33. The first-order chi connectivity index (χ1) is 9.72. The fraction of sp³-hybridized carbons (Fsp3) is 0.267. The average Bonchev–Trinajstić information content (AvgIpc) is 3.03. The number of furan rings is 1. The van der Waals surface area contributed by atoms with Crippen LogP contribution in [-0.4, -0.2) is 19.0 Å². The van der Waals surface area contributed by atoms with Crippen molar-refractivity contribution in [2.45, 2.75) is 12.3 Å². The van der Waals surface area contributed by atoms with Gasteiger partial charge in [0.05, 0.1) is 11.8 Å². The third-order valence-electron chi connectivity index (χ3n) is 3.68. The van der Waals surface area contributed by atoms with Crippen LogP contribution in [0.15, 0.2) is 45.7 Å². The summed E-state index contributed by atoms with van der Waals surface area (Å²) in [6.45, 7) is 1.30. The van der Waals surface area contributed by atoms with Crippen LogP contribution in [0.25, 0.3) is 0 Å². The highest BCUT2D eigenvalue weighted by Crippen LogP contribution is 2.39. The predicted molar refractivity (Wildman–Crippen MR) is 80.9 cm³/mol. The lowest BCUT2D eigenvalue weighted by Gasteiger charge is -2.17.